The molecular weight excluding hydrogens is 394 g/mol. The Labute approximate surface area is 181 Å². The third-order valence-corrected chi connectivity index (χ3v) is 5.50. The number of rotatable bonds is 3. The van der Waals surface area contributed by atoms with E-state index >= 15 is 0 Å². The fraction of sp³-hybridized carbons (Fsp3) is 0.524. The lowest BCUT2D eigenvalue weighted by Crippen LogP contribution is -2.20. The smallest absolute Gasteiger partial charge is 0.245 e. The summed E-state index contributed by atoms with van der Waals surface area (Å²) in [6.07, 6.45) is 8.53. The van der Waals surface area contributed by atoms with E-state index in [0.29, 0.717) is 11.7 Å². The maximum Gasteiger partial charge on any atom is 0.245 e. The van der Waals surface area contributed by atoms with Crippen LogP contribution in [-0.4, -0.2) is 59.9 Å². The summed E-state index contributed by atoms with van der Waals surface area (Å²) in [5.74, 6) is 3.13. The van der Waals surface area contributed by atoms with Crippen molar-refractivity contribution in [1.82, 2.24) is 39.7 Å². The van der Waals surface area contributed by atoms with Gasteiger partial charge in [0.15, 0.2) is 17.3 Å². The molecule has 10 heteroatoms. The van der Waals surface area contributed by atoms with E-state index < -0.39 is 0 Å². The minimum Gasteiger partial charge on any atom is -0.356 e. The van der Waals surface area contributed by atoms with Gasteiger partial charge in [-0.25, -0.2) is 14.2 Å². The van der Waals surface area contributed by atoms with Crippen LogP contribution in [0.25, 0.3) is 17.8 Å². The molecule has 0 aliphatic carbocycles. The molecule has 2 aliphatic rings. The van der Waals surface area contributed by atoms with E-state index in [2.05, 4.69) is 42.3 Å². The van der Waals surface area contributed by atoms with E-state index in [0.717, 1.165) is 61.3 Å². The van der Waals surface area contributed by atoms with Crippen LogP contribution in [0.15, 0.2) is 6.20 Å². The fourth-order valence-corrected chi connectivity index (χ4v) is 3.67. The summed E-state index contributed by atoms with van der Waals surface area (Å²) in [5.41, 5.74) is 2.60. The third-order valence-electron chi connectivity index (χ3n) is 5.50. The Kier molecular flexibility index (Phi) is 5.97. The zero-order chi connectivity index (χ0) is 22.0. The molecule has 0 aromatic carbocycles. The van der Waals surface area contributed by atoms with E-state index in [1.165, 1.54) is 6.42 Å². The minimum atomic E-state index is 0.204. The van der Waals surface area contributed by atoms with Crippen LogP contribution in [-0.2, 0) is 11.8 Å². The number of carbonyl (C=O) groups is 1. The molecule has 0 bridgehead atoms. The molecule has 5 heterocycles. The predicted octanol–water partition coefficient (Wildman–Crippen LogP) is 1.78. The zero-order valence-electron chi connectivity index (χ0n) is 18.5. The van der Waals surface area contributed by atoms with Crippen LogP contribution in [0, 0.1) is 19.8 Å². The van der Waals surface area contributed by atoms with Crippen LogP contribution in [0.4, 0.5) is 5.95 Å². The standard InChI is InChI=1S/C17H22N8.C4H7NO/c1-11-7-8-24(10-11)17-20-15(23(4)22-17)6-5-14-19-16-13(3)18-9-12(2)25(16)21-14;6-4-2-1-3-5-4/h5-6,9,11H,7-8,10H2,1-4H3;1-3H2,(H,5,6)/b6-5+;. The summed E-state index contributed by atoms with van der Waals surface area (Å²) in [5, 5.41) is 11.7. The molecule has 2 saturated heterocycles. The molecule has 2 fully saturated rings. The first kappa shape index (κ1) is 21.0. The molecule has 0 saturated carbocycles. The normalized spacial score (nSPS) is 18.6. The lowest BCUT2D eigenvalue weighted by atomic mass is 10.2. The number of nitrogens with one attached hydrogen (secondary N) is 1. The van der Waals surface area contributed by atoms with E-state index in [9.17, 15) is 4.79 Å². The first-order chi connectivity index (χ1) is 14.9. The number of fused-ring (bicyclic) bond motifs is 1. The Morgan fingerprint density at radius 1 is 1.19 bits per heavy atom. The Hall–Kier alpha value is -3.30. The average molecular weight is 424 g/mol. The van der Waals surface area contributed by atoms with E-state index in [1.807, 2.05) is 37.6 Å². The summed E-state index contributed by atoms with van der Waals surface area (Å²) in [7, 11) is 1.91. The molecule has 10 nitrogen and oxygen atoms in total. The van der Waals surface area contributed by atoms with Gasteiger partial charge in [-0.2, -0.15) is 4.98 Å². The predicted molar refractivity (Wildman–Crippen MR) is 118 cm³/mol. The Morgan fingerprint density at radius 3 is 2.65 bits per heavy atom. The van der Waals surface area contributed by atoms with Crippen molar-refractivity contribution < 1.29 is 4.79 Å². The van der Waals surface area contributed by atoms with Crippen LogP contribution in [0.5, 0.6) is 0 Å². The van der Waals surface area contributed by atoms with Crippen molar-refractivity contribution in [1.29, 1.82) is 0 Å². The number of hydrogen-bond donors (Lipinski definition) is 1. The first-order valence-corrected chi connectivity index (χ1v) is 10.7. The quantitative estimate of drug-likeness (QED) is 0.684. The van der Waals surface area contributed by atoms with Gasteiger partial charge in [-0.1, -0.05) is 6.92 Å². The lowest BCUT2D eigenvalue weighted by molar-refractivity contribution is -0.119. The molecule has 31 heavy (non-hydrogen) atoms. The topological polar surface area (TPSA) is 106 Å². The average Bonchev–Trinajstić information content (AvgIpc) is 3.52. The van der Waals surface area contributed by atoms with Crippen molar-refractivity contribution in [2.45, 2.75) is 40.0 Å². The van der Waals surface area contributed by atoms with Crippen molar-refractivity contribution in [3.05, 3.63) is 29.2 Å². The third kappa shape index (κ3) is 4.73. The van der Waals surface area contributed by atoms with Gasteiger partial charge in [0.05, 0.1) is 11.4 Å². The molecule has 5 rings (SSSR count). The molecular formula is C21H29N9O. The summed E-state index contributed by atoms with van der Waals surface area (Å²) < 4.78 is 3.61. The van der Waals surface area contributed by atoms with Gasteiger partial charge in [0, 0.05) is 39.3 Å². The van der Waals surface area contributed by atoms with Crippen LogP contribution >= 0.6 is 0 Å². The molecule has 1 unspecified atom stereocenters. The molecule has 0 spiro atoms. The molecule has 0 radical (unpaired) electrons. The van der Waals surface area contributed by atoms with Crippen LogP contribution in [0.1, 0.15) is 49.2 Å². The molecule has 2 aliphatic heterocycles. The van der Waals surface area contributed by atoms with Crippen molar-refractivity contribution in [2.24, 2.45) is 13.0 Å². The number of aryl methyl sites for hydroxylation is 3. The molecule has 3 aromatic rings. The Balaban J connectivity index is 0.000000334. The van der Waals surface area contributed by atoms with Gasteiger partial charge in [-0.15, -0.1) is 10.2 Å². The second-order valence-corrected chi connectivity index (χ2v) is 8.21. The van der Waals surface area contributed by atoms with E-state index in [-0.39, 0.29) is 5.91 Å². The monoisotopic (exact) mass is 423 g/mol. The van der Waals surface area contributed by atoms with Gasteiger partial charge in [-0.05, 0) is 44.8 Å². The highest BCUT2D eigenvalue weighted by atomic mass is 16.1. The van der Waals surface area contributed by atoms with Crippen molar-refractivity contribution in [3.8, 4) is 0 Å². The number of hydrogen-bond acceptors (Lipinski definition) is 7. The van der Waals surface area contributed by atoms with Crippen molar-refractivity contribution in [2.75, 3.05) is 24.5 Å². The highest BCUT2D eigenvalue weighted by Gasteiger charge is 2.22. The van der Waals surface area contributed by atoms with E-state index in [4.69, 9.17) is 0 Å². The SMILES string of the molecule is Cc1ncc(C)n2nc(/C=C/c3nc(N4CCC(C)C4)nn3C)nc12.O=C1CCCN1. The van der Waals surface area contributed by atoms with Gasteiger partial charge >= 0.3 is 0 Å². The summed E-state index contributed by atoms with van der Waals surface area (Å²) in [6.45, 7) is 9.09. The first-order valence-electron chi connectivity index (χ1n) is 10.7. The van der Waals surface area contributed by atoms with Gasteiger partial charge in [0.25, 0.3) is 0 Å². The van der Waals surface area contributed by atoms with Gasteiger partial charge < -0.3 is 10.2 Å². The van der Waals surface area contributed by atoms with Crippen LogP contribution in [0.2, 0.25) is 0 Å². The highest BCUT2D eigenvalue weighted by Crippen LogP contribution is 2.21. The largest absolute Gasteiger partial charge is 0.356 e. The lowest BCUT2D eigenvalue weighted by Gasteiger charge is -2.11. The molecule has 3 aromatic heterocycles. The maximum atomic E-state index is 10.1. The Bertz CT molecular complexity index is 1070. The number of aromatic nitrogens is 7. The maximum absolute atomic E-state index is 10.1. The van der Waals surface area contributed by atoms with Gasteiger partial charge in [0.2, 0.25) is 11.9 Å². The van der Waals surface area contributed by atoms with Crippen molar-refractivity contribution in [3.63, 3.8) is 0 Å². The molecule has 164 valence electrons. The minimum absolute atomic E-state index is 0.204. The van der Waals surface area contributed by atoms with Crippen LogP contribution < -0.4 is 10.2 Å². The molecule has 1 N–H and O–H groups in total. The van der Waals surface area contributed by atoms with E-state index in [1.54, 1.807) is 10.9 Å². The van der Waals surface area contributed by atoms with Gasteiger partial charge in [-0.3, -0.25) is 9.78 Å². The highest BCUT2D eigenvalue weighted by molar-refractivity contribution is 5.77. The Morgan fingerprint density at radius 2 is 2.03 bits per heavy atom. The van der Waals surface area contributed by atoms with Gasteiger partial charge in [0.1, 0.15) is 0 Å². The number of anilines is 1. The summed E-state index contributed by atoms with van der Waals surface area (Å²) >= 11 is 0. The second-order valence-electron chi connectivity index (χ2n) is 8.21. The summed E-state index contributed by atoms with van der Waals surface area (Å²) in [6, 6.07) is 0. The number of nitrogens with zero attached hydrogens (tertiary/aromatic N) is 8. The summed E-state index contributed by atoms with van der Waals surface area (Å²) in [4.78, 5) is 25.9. The van der Waals surface area contributed by atoms with Crippen LogP contribution in [0.3, 0.4) is 0 Å². The zero-order valence-corrected chi connectivity index (χ0v) is 18.5. The molecule has 1 amide bonds. The number of amides is 1. The second kappa shape index (κ2) is 8.83. The number of carbonyl (C=O) groups excluding carboxylic acids is 1. The molecule has 1 atom stereocenters. The fourth-order valence-electron chi connectivity index (χ4n) is 3.67. The van der Waals surface area contributed by atoms with Crippen molar-refractivity contribution >= 4 is 29.7 Å².